The van der Waals surface area contributed by atoms with E-state index in [1.165, 1.54) is 11.8 Å². The maximum atomic E-state index is 13.3. The summed E-state index contributed by atoms with van der Waals surface area (Å²) in [6.45, 7) is 1.72. The van der Waals surface area contributed by atoms with Gasteiger partial charge in [0.25, 0.3) is 0 Å². The third-order valence-electron chi connectivity index (χ3n) is 1.74. The Morgan fingerprint density at radius 1 is 1.42 bits per heavy atom. The lowest BCUT2D eigenvalue weighted by Gasteiger charge is -2.07. The molecule has 0 amide bonds. The molecule has 0 aliphatic heterocycles. The van der Waals surface area contributed by atoms with E-state index in [0.29, 0.717) is 16.2 Å². The second-order valence-electron chi connectivity index (χ2n) is 2.41. The standard InChI is InChI=1S/C9H11FOS/c1-6-7(11-2)4-5-8(12-3)9(6)10/h4-5H,1-3H3. The van der Waals surface area contributed by atoms with Crippen LogP contribution in [-0.4, -0.2) is 13.4 Å². The molecular formula is C9H11FOS. The van der Waals surface area contributed by atoms with Gasteiger partial charge in [0.15, 0.2) is 0 Å². The van der Waals surface area contributed by atoms with Gasteiger partial charge in [0.1, 0.15) is 11.6 Å². The molecule has 0 fully saturated rings. The molecule has 0 heterocycles. The summed E-state index contributed by atoms with van der Waals surface area (Å²) >= 11 is 1.40. The van der Waals surface area contributed by atoms with E-state index in [-0.39, 0.29) is 5.82 Å². The minimum Gasteiger partial charge on any atom is -0.496 e. The van der Waals surface area contributed by atoms with Crippen molar-refractivity contribution >= 4 is 11.8 Å². The van der Waals surface area contributed by atoms with Gasteiger partial charge in [0.05, 0.1) is 7.11 Å². The lowest BCUT2D eigenvalue weighted by Crippen LogP contribution is -1.92. The molecule has 0 N–H and O–H groups in total. The van der Waals surface area contributed by atoms with Gasteiger partial charge in [-0.05, 0) is 25.3 Å². The first-order valence-corrected chi connectivity index (χ1v) is 4.80. The summed E-state index contributed by atoms with van der Waals surface area (Å²) in [6.07, 6.45) is 1.85. The zero-order valence-electron chi connectivity index (χ0n) is 7.35. The van der Waals surface area contributed by atoms with Crippen LogP contribution in [0.5, 0.6) is 5.75 Å². The fourth-order valence-corrected chi connectivity index (χ4v) is 1.56. The lowest BCUT2D eigenvalue weighted by molar-refractivity contribution is 0.405. The molecule has 1 nitrogen and oxygen atoms in total. The molecule has 0 spiro atoms. The highest BCUT2D eigenvalue weighted by atomic mass is 32.2. The van der Waals surface area contributed by atoms with Gasteiger partial charge in [-0.1, -0.05) is 0 Å². The van der Waals surface area contributed by atoms with Crippen molar-refractivity contribution in [2.24, 2.45) is 0 Å². The molecule has 66 valence electrons. The van der Waals surface area contributed by atoms with Gasteiger partial charge < -0.3 is 4.74 Å². The normalized spacial score (nSPS) is 10.0. The average molecular weight is 186 g/mol. The summed E-state index contributed by atoms with van der Waals surface area (Å²) in [7, 11) is 1.54. The molecule has 0 unspecified atom stereocenters. The van der Waals surface area contributed by atoms with Crippen LogP contribution in [0.1, 0.15) is 5.56 Å². The number of rotatable bonds is 2. The van der Waals surface area contributed by atoms with Crippen molar-refractivity contribution in [2.75, 3.05) is 13.4 Å². The van der Waals surface area contributed by atoms with Gasteiger partial charge in [0.2, 0.25) is 0 Å². The van der Waals surface area contributed by atoms with Gasteiger partial charge in [0, 0.05) is 10.5 Å². The SMILES string of the molecule is COc1ccc(SC)c(F)c1C. The highest BCUT2D eigenvalue weighted by Gasteiger charge is 2.08. The van der Waals surface area contributed by atoms with Gasteiger partial charge in [-0.2, -0.15) is 0 Å². The van der Waals surface area contributed by atoms with Crippen LogP contribution in [0.3, 0.4) is 0 Å². The van der Waals surface area contributed by atoms with Crippen molar-refractivity contribution in [3.05, 3.63) is 23.5 Å². The van der Waals surface area contributed by atoms with Gasteiger partial charge >= 0.3 is 0 Å². The first-order chi connectivity index (χ1) is 5.70. The number of methoxy groups -OCH3 is 1. The molecule has 0 aliphatic carbocycles. The van der Waals surface area contributed by atoms with Crippen molar-refractivity contribution in [1.29, 1.82) is 0 Å². The Labute approximate surface area is 75.9 Å². The smallest absolute Gasteiger partial charge is 0.143 e. The highest BCUT2D eigenvalue weighted by molar-refractivity contribution is 7.98. The van der Waals surface area contributed by atoms with Gasteiger partial charge in [-0.3, -0.25) is 0 Å². The van der Waals surface area contributed by atoms with Crippen molar-refractivity contribution in [3.63, 3.8) is 0 Å². The van der Waals surface area contributed by atoms with Crippen LogP contribution in [0.15, 0.2) is 17.0 Å². The maximum Gasteiger partial charge on any atom is 0.143 e. The van der Waals surface area contributed by atoms with Crippen molar-refractivity contribution in [1.82, 2.24) is 0 Å². The highest BCUT2D eigenvalue weighted by Crippen LogP contribution is 2.27. The fourth-order valence-electron chi connectivity index (χ4n) is 1.02. The lowest BCUT2D eigenvalue weighted by atomic mass is 10.2. The number of ether oxygens (including phenoxy) is 1. The topological polar surface area (TPSA) is 9.23 Å². The Morgan fingerprint density at radius 2 is 2.08 bits per heavy atom. The second kappa shape index (κ2) is 3.81. The fraction of sp³-hybridized carbons (Fsp3) is 0.333. The Morgan fingerprint density at radius 3 is 2.58 bits per heavy atom. The van der Waals surface area contributed by atoms with E-state index in [4.69, 9.17) is 4.74 Å². The molecule has 0 saturated carbocycles. The Bertz CT molecular complexity index is 257. The molecule has 0 bridgehead atoms. The Balaban J connectivity index is 3.20. The Hall–Kier alpha value is -0.700. The molecule has 1 rings (SSSR count). The van der Waals surface area contributed by atoms with Crippen molar-refractivity contribution in [3.8, 4) is 5.75 Å². The van der Waals surface area contributed by atoms with Crippen LogP contribution >= 0.6 is 11.8 Å². The van der Waals surface area contributed by atoms with E-state index < -0.39 is 0 Å². The summed E-state index contributed by atoms with van der Waals surface area (Å²) in [5.41, 5.74) is 0.573. The van der Waals surface area contributed by atoms with E-state index in [1.807, 2.05) is 6.26 Å². The molecule has 3 heteroatoms. The largest absolute Gasteiger partial charge is 0.496 e. The Kier molecular flexibility index (Phi) is 2.98. The summed E-state index contributed by atoms with van der Waals surface area (Å²) in [6, 6.07) is 3.51. The van der Waals surface area contributed by atoms with E-state index in [0.717, 1.165) is 0 Å². The van der Waals surface area contributed by atoms with Crippen LogP contribution < -0.4 is 4.74 Å². The molecule has 1 aromatic carbocycles. The third kappa shape index (κ3) is 1.55. The molecule has 0 aliphatic rings. The van der Waals surface area contributed by atoms with E-state index in [9.17, 15) is 4.39 Å². The van der Waals surface area contributed by atoms with Gasteiger partial charge in [-0.25, -0.2) is 4.39 Å². The number of halogens is 1. The zero-order chi connectivity index (χ0) is 9.14. The number of hydrogen-bond acceptors (Lipinski definition) is 2. The van der Waals surface area contributed by atoms with Crippen LogP contribution in [0.25, 0.3) is 0 Å². The van der Waals surface area contributed by atoms with Crippen molar-refractivity contribution < 1.29 is 9.13 Å². The van der Waals surface area contributed by atoms with Crippen LogP contribution in [0.2, 0.25) is 0 Å². The summed E-state index contributed by atoms with van der Waals surface area (Å²) in [4.78, 5) is 0.660. The average Bonchev–Trinajstić information content (AvgIpc) is 2.10. The molecule has 0 atom stereocenters. The summed E-state index contributed by atoms with van der Waals surface area (Å²) in [5, 5.41) is 0. The molecule has 0 radical (unpaired) electrons. The second-order valence-corrected chi connectivity index (χ2v) is 3.26. The molecule has 12 heavy (non-hydrogen) atoms. The summed E-state index contributed by atoms with van der Waals surface area (Å²) < 4.78 is 18.3. The monoisotopic (exact) mass is 186 g/mol. The molecule has 1 aromatic rings. The first-order valence-electron chi connectivity index (χ1n) is 3.57. The third-order valence-corrected chi connectivity index (χ3v) is 2.50. The van der Waals surface area contributed by atoms with Crippen LogP contribution in [0.4, 0.5) is 4.39 Å². The maximum absolute atomic E-state index is 13.3. The van der Waals surface area contributed by atoms with Crippen molar-refractivity contribution in [2.45, 2.75) is 11.8 Å². The number of hydrogen-bond donors (Lipinski definition) is 0. The van der Waals surface area contributed by atoms with Crippen LogP contribution in [-0.2, 0) is 0 Å². The predicted molar refractivity (Wildman–Crippen MR) is 49.5 cm³/mol. The number of benzene rings is 1. The molecule has 0 aromatic heterocycles. The van der Waals surface area contributed by atoms with E-state index in [2.05, 4.69) is 0 Å². The van der Waals surface area contributed by atoms with E-state index in [1.54, 1.807) is 26.2 Å². The zero-order valence-corrected chi connectivity index (χ0v) is 8.17. The van der Waals surface area contributed by atoms with E-state index >= 15 is 0 Å². The quantitative estimate of drug-likeness (QED) is 0.657. The van der Waals surface area contributed by atoms with Crippen LogP contribution in [0, 0.1) is 12.7 Å². The minimum absolute atomic E-state index is 0.179. The minimum atomic E-state index is -0.179. The predicted octanol–water partition coefficient (Wildman–Crippen LogP) is 2.86. The number of thioether (sulfide) groups is 1. The summed E-state index contributed by atoms with van der Waals surface area (Å²) in [5.74, 6) is 0.423. The van der Waals surface area contributed by atoms with Gasteiger partial charge in [-0.15, -0.1) is 11.8 Å². The first kappa shape index (κ1) is 9.39. The molecular weight excluding hydrogens is 175 g/mol. The molecule has 0 saturated heterocycles.